The molecule has 1 aromatic rings. The summed E-state index contributed by atoms with van der Waals surface area (Å²) in [5, 5.41) is 0. The number of hydrogen-bond acceptors (Lipinski definition) is 3. The molecule has 98 valence electrons. The molecule has 2 N–H and O–H groups in total. The summed E-state index contributed by atoms with van der Waals surface area (Å²) in [5.41, 5.74) is 5.40. The monoisotopic (exact) mass is 252 g/mol. The van der Waals surface area contributed by atoms with Crippen LogP contribution < -0.4 is 5.73 Å². The highest BCUT2D eigenvalue weighted by Gasteiger charge is 2.30. The van der Waals surface area contributed by atoms with Gasteiger partial charge >= 0.3 is 0 Å². The quantitative estimate of drug-likeness (QED) is 0.773. The predicted octanol–water partition coefficient (Wildman–Crippen LogP) is 1.66. The Hall–Kier alpha value is -1.62. The first-order valence-electron chi connectivity index (χ1n) is 5.87. The molecule has 0 aromatic heterocycles. The Morgan fingerprint density at radius 3 is 2.83 bits per heavy atom. The molecule has 1 heterocycles. The van der Waals surface area contributed by atoms with Gasteiger partial charge in [-0.25, -0.2) is 4.39 Å². The predicted molar refractivity (Wildman–Crippen MR) is 66.7 cm³/mol. The molecule has 0 saturated carbocycles. The molecule has 4 nitrogen and oxygen atoms in total. The molecule has 1 aliphatic heterocycles. The van der Waals surface area contributed by atoms with Crippen LogP contribution in [0.1, 0.15) is 24.2 Å². The molecule has 1 saturated heterocycles. The van der Waals surface area contributed by atoms with E-state index in [1.807, 2.05) is 13.8 Å². The van der Waals surface area contributed by atoms with Crippen LogP contribution in [0.25, 0.3) is 0 Å². The SMILES string of the molecule is CC1(C)CN(C(=O)c2ccc(N)c(F)c2)CCO1. The molecule has 0 spiro atoms. The van der Waals surface area contributed by atoms with Crippen LogP contribution in [0.2, 0.25) is 0 Å². The molecule has 1 aromatic carbocycles. The van der Waals surface area contributed by atoms with E-state index in [4.69, 9.17) is 10.5 Å². The number of nitrogen functional groups attached to an aromatic ring is 1. The fraction of sp³-hybridized carbons (Fsp3) is 0.462. The Labute approximate surface area is 106 Å². The van der Waals surface area contributed by atoms with Gasteiger partial charge in [-0.15, -0.1) is 0 Å². The van der Waals surface area contributed by atoms with Crippen LogP contribution in [0.15, 0.2) is 18.2 Å². The third-order valence-electron chi connectivity index (χ3n) is 2.96. The van der Waals surface area contributed by atoms with Gasteiger partial charge in [0.15, 0.2) is 0 Å². The van der Waals surface area contributed by atoms with Gasteiger partial charge in [0.05, 0.1) is 17.9 Å². The molecule has 1 aliphatic rings. The van der Waals surface area contributed by atoms with Crippen LogP contribution in [0.5, 0.6) is 0 Å². The number of nitrogens with two attached hydrogens (primary N) is 1. The molecule has 0 bridgehead atoms. The van der Waals surface area contributed by atoms with E-state index in [-0.39, 0.29) is 17.2 Å². The Bertz CT molecular complexity index is 474. The molecule has 1 amide bonds. The van der Waals surface area contributed by atoms with Crippen molar-refractivity contribution in [3.63, 3.8) is 0 Å². The summed E-state index contributed by atoms with van der Waals surface area (Å²) in [4.78, 5) is 13.9. The normalized spacial score (nSPS) is 18.7. The summed E-state index contributed by atoms with van der Waals surface area (Å²) >= 11 is 0. The molecular formula is C13H17FN2O2. The van der Waals surface area contributed by atoms with Gasteiger partial charge in [-0.3, -0.25) is 4.79 Å². The Morgan fingerprint density at radius 2 is 2.22 bits per heavy atom. The van der Waals surface area contributed by atoms with E-state index in [9.17, 15) is 9.18 Å². The van der Waals surface area contributed by atoms with Gasteiger partial charge in [0, 0.05) is 18.7 Å². The largest absolute Gasteiger partial charge is 0.396 e. The summed E-state index contributed by atoms with van der Waals surface area (Å²) in [6, 6.07) is 4.14. The molecule has 2 rings (SSSR count). The standard InChI is InChI=1S/C13H17FN2O2/c1-13(2)8-16(5-6-18-13)12(17)9-3-4-11(15)10(14)7-9/h3-4,7H,5-6,8,15H2,1-2H3. The van der Waals surface area contributed by atoms with Gasteiger partial charge < -0.3 is 15.4 Å². The molecule has 5 heteroatoms. The number of rotatable bonds is 1. The second kappa shape index (κ2) is 4.57. The van der Waals surface area contributed by atoms with Crippen LogP contribution in [0.3, 0.4) is 0 Å². The number of amides is 1. The van der Waals surface area contributed by atoms with E-state index in [1.165, 1.54) is 12.1 Å². The van der Waals surface area contributed by atoms with E-state index in [1.54, 1.807) is 11.0 Å². The third kappa shape index (κ3) is 2.61. The average Bonchev–Trinajstić information content (AvgIpc) is 2.30. The maximum absolute atomic E-state index is 13.3. The van der Waals surface area contributed by atoms with Crippen LogP contribution in [-0.2, 0) is 4.74 Å². The van der Waals surface area contributed by atoms with Crippen molar-refractivity contribution in [1.82, 2.24) is 4.90 Å². The zero-order valence-electron chi connectivity index (χ0n) is 10.6. The third-order valence-corrected chi connectivity index (χ3v) is 2.96. The number of nitrogens with zero attached hydrogens (tertiary/aromatic N) is 1. The highest BCUT2D eigenvalue weighted by Crippen LogP contribution is 2.20. The van der Waals surface area contributed by atoms with E-state index in [2.05, 4.69) is 0 Å². The minimum atomic E-state index is -0.562. The first-order valence-corrected chi connectivity index (χ1v) is 5.87. The summed E-state index contributed by atoms with van der Waals surface area (Å²) in [5.74, 6) is -0.751. The lowest BCUT2D eigenvalue weighted by Crippen LogP contribution is -2.50. The van der Waals surface area contributed by atoms with Crippen LogP contribution in [-0.4, -0.2) is 36.1 Å². The minimum Gasteiger partial charge on any atom is -0.396 e. The van der Waals surface area contributed by atoms with Crippen molar-refractivity contribution in [3.8, 4) is 0 Å². The van der Waals surface area contributed by atoms with E-state index < -0.39 is 5.82 Å². The van der Waals surface area contributed by atoms with E-state index >= 15 is 0 Å². The van der Waals surface area contributed by atoms with Gasteiger partial charge in [0.25, 0.3) is 5.91 Å². The topological polar surface area (TPSA) is 55.6 Å². The van der Waals surface area contributed by atoms with Crippen molar-refractivity contribution in [1.29, 1.82) is 0 Å². The zero-order chi connectivity index (χ0) is 13.3. The summed E-state index contributed by atoms with van der Waals surface area (Å²) in [6.45, 7) is 5.37. The molecule has 0 unspecified atom stereocenters. The maximum atomic E-state index is 13.3. The Morgan fingerprint density at radius 1 is 1.50 bits per heavy atom. The lowest BCUT2D eigenvalue weighted by atomic mass is 10.1. The summed E-state index contributed by atoms with van der Waals surface area (Å²) < 4.78 is 18.9. The Kier molecular flexibility index (Phi) is 3.26. The van der Waals surface area contributed by atoms with Gasteiger partial charge in [-0.2, -0.15) is 0 Å². The summed E-state index contributed by atoms with van der Waals surface area (Å²) in [7, 11) is 0. The van der Waals surface area contributed by atoms with Crippen molar-refractivity contribution < 1.29 is 13.9 Å². The number of carbonyl (C=O) groups excluding carboxylic acids is 1. The number of carbonyl (C=O) groups is 1. The molecule has 1 fully saturated rings. The van der Waals surface area contributed by atoms with E-state index in [0.717, 1.165) is 0 Å². The van der Waals surface area contributed by atoms with Gasteiger partial charge in [-0.1, -0.05) is 0 Å². The number of ether oxygens (including phenoxy) is 1. The number of benzene rings is 1. The summed E-state index contributed by atoms with van der Waals surface area (Å²) in [6.07, 6.45) is 0. The molecule has 18 heavy (non-hydrogen) atoms. The lowest BCUT2D eigenvalue weighted by molar-refractivity contribution is -0.0764. The molecule has 0 aliphatic carbocycles. The maximum Gasteiger partial charge on any atom is 0.254 e. The number of hydrogen-bond donors (Lipinski definition) is 1. The fourth-order valence-corrected chi connectivity index (χ4v) is 2.03. The van der Waals surface area contributed by atoms with Crippen molar-refractivity contribution in [2.75, 3.05) is 25.4 Å². The smallest absolute Gasteiger partial charge is 0.254 e. The van der Waals surface area contributed by atoms with Gasteiger partial charge in [0.1, 0.15) is 5.82 Å². The second-order valence-corrected chi connectivity index (χ2v) is 5.07. The Balaban J connectivity index is 2.18. The minimum absolute atomic E-state index is 0.0499. The van der Waals surface area contributed by atoms with Gasteiger partial charge in [0.2, 0.25) is 0 Å². The van der Waals surface area contributed by atoms with Crippen molar-refractivity contribution in [2.24, 2.45) is 0 Å². The van der Waals surface area contributed by atoms with Crippen molar-refractivity contribution in [2.45, 2.75) is 19.4 Å². The molecule has 0 radical (unpaired) electrons. The van der Waals surface area contributed by atoms with E-state index in [0.29, 0.717) is 25.3 Å². The van der Waals surface area contributed by atoms with Crippen LogP contribution in [0.4, 0.5) is 10.1 Å². The van der Waals surface area contributed by atoms with Crippen molar-refractivity contribution >= 4 is 11.6 Å². The van der Waals surface area contributed by atoms with Gasteiger partial charge in [-0.05, 0) is 32.0 Å². The fourth-order valence-electron chi connectivity index (χ4n) is 2.03. The second-order valence-electron chi connectivity index (χ2n) is 5.07. The van der Waals surface area contributed by atoms with Crippen LogP contribution >= 0.6 is 0 Å². The van der Waals surface area contributed by atoms with Crippen LogP contribution in [0, 0.1) is 5.82 Å². The number of halogens is 1. The van der Waals surface area contributed by atoms with Crippen molar-refractivity contribution in [3.05, 3.63) is 29.6 Å². The average molecular weight is 252 g/mol. The number of morpholine rings is 1. The molecular weight excluding hydrogens is 235 g/mol. The molecule has 0 atom stereocenters. The number of anilines is 1. The first kappa shape index (κ1) is 12.8. The first-order chi connectivity index (χ1) is 8.39. The zero-order valence-corrected chi connectivity index (χ0v) is 10.6. The lowest BCUT2D eigenvalue weighted by Gasteiger charge is -2.38. The highest BCUT2D eigenvalue weighted by atomic mass is 19.1. The highest BCUT2D eigenvalue weighted by molar-refractivity contribution is 5.94.